The van der Waals surface area contributed by atoms with Crippen molar-refractivity contribution < 1.29 is 5.11 Å². The molecule has 21 heavy (non-hydrogen) atoms. The minimum Gasteiger partial charge on any atom is -0.394 e. The van der Waals surface area contributed by atoms with Crippen LogP contribution in [0.15, 0.2) is 30.3 Å². The summed E-state index contributed by atoms with van der Waals surface area (Å²) < 4.78 is 0. The second-order valence-corrected chi connectivity index (χ2v) is 5.77. The van der Waals surface area contributed by atoms with Gasteiger partial charge in [0, 0.05) is 11.5 Å². The molecular weight excluding hydrogens is 286 g/mol. The standard InChI is InChI=1S/C16H18ClN3O/c1-10-14(17)19-16(12-7-8-12)20-15(10)18-13(9-21)11-5-3-2-4-6-11/h2-6,12-13,21H,7-9H2,1H3,(H,18,19,20). The van der Waals surface area contributed by atoms with Gasteiger partial charge in [0.1, 0.15) is 16.8 Å². The van der Waals surface area contributed by atoms with E-state index in [-0.39, 0.29) is 12.6 Å². The van der Waals surface area contributed by atoms with Gasteiger partial charge in [-0.1, -0.05) is 41.9 Å². The molecule has 1 atom stereocenters. The van der Waals surface area contributed by atoms with Crippen LogP contribution in [-0.4, -0.2) is 21.7 Å². The molecule has 0 radical (unpaired) electrons. The maximum Gasteiger partial charge on any atom is 0.137 e. The molecule has 0 bridgehead atoms. The van der Waals surface area contributed by atoms with Crippen LogP contribution >= 0.6 is 11.6 Å². The fourth-order valence-corrected chi connectivity index (χ4v) is 2.43. The third-order valence-electron chi connectivity index (χ3n) is 3.74. The zero-order valence-electron chi connectivity index (χ0n) is 11.9. The fraction of sp³-hybridized carbons (Fsp3) is 0.375. The van der Waals surface area contributed by atoms with Gasteiger partial charge in [0.25, 0.3) is 0 Å². The first kappa shape index (κ1) is 14.3. The Balaban J connectivity index is 1.89. The Hall–Kier alpha value is -1.65. The maximum atomic E-state index is 9.65. The quantitative estimate of drug-likeness (QED) is 0.831. The Labute approximate surface area is 129 Å². The predicted molar refractivity (Wildman–Crippen MR) is 83.6 cm³/mol. The minimum atomic E-state index is -0.206. The first-order chi connectivity index (χ1) is 10.2. The molecule has 1 heterocycles. The van der Waals surface area contributed by atoms with Crippen molar-refractivity contribution in [1.29, 1.82) is 0 Å². The van der Waals surface area contributed by atoms with E-state index in [1.54, 1.807) is 0 Å². The van der Waals surface area contributed by atoms with Gasteiger partial charge < -0.3 is 10.4 Å². The van der Waals surface area contributed by atoms with Crippen molar-refractivity contribution in [3.63, 3.8) is 0 Å². The number of aliphatic hydroxyl groups is 1. The van der Waals surface area contributed by atoms with Crippen molar-refractivity contribution in [1.82, 2.24) is 9.97 Å². The summed E-state index contributed by atoms with van der Waals surface area (Å²) in [6.45, 7) is 1.88. The molecule has 0 saturated heterocycles. The average molecular weight is 304 g/mol. The first-order valence-electron chi connectivity index (χ1n) is 7.15. The highest BCUT2D eigenvalue weighted by molar-refractivity contribution is 6.30. The van der Waals surface area contributed by atoms with E-state index in [2.05, 4.69) is 15.3 Å². The number of halogens is 1. The van der Waals surface area contributed by atoms with Gasteiger partial charge in [0.2, 0.25) is 0 Å². The van der Waals surface area contributed by atoms with E-state index in [0.717, 1.165) is 29.8 Å². The van der Waals surface area contributed by atoms with Gasteiger partial charge in [-0.3, -0.25) is 0 Å². The van der Waals surface area contributed by atoms with Gasteiger partial charge in [0.05, 0.1) is 12.6 Å². The lowest BCUT2D eigenvalue weighted by Crippen LogP contribution is -2.17. The summed E-state index contributed by atoms with van der Waals surface area (Å²) in [5, 5.41) is 13.4. The molecule has 1 aromatic heterocycles. The van der Waals surface area contributed by atoms with Crippen molar-refractivity contribution in [3.8, 4) is 0 Å². The number of benzene rings is 1. The molecule has 5 heteroatoms. The van der Waals surface area contributed by atoms with Gasteiger partial charge in [-0.2, -0.15) is 0 Å². The Morgan fingerprint density at radius 3 is 2.62 bits per heavy atom. The van der Waals surface area contributed by atoms with Crippen molar-refractivity contribution in [2.45, 2.75) is 31.7 Å². The average Bonchev–Trinajstić information content (AvgIpc) is 3.34. The van der Waals surface area contributed by atoms with E-state index in [0.29, 0.717) is 16.9 Å². The van der Waals surface area contributed by atoms with Gasteiger partial charge in [0.15, 0.2) is 0 Å². The van der Waals surface area contributed by atoms with Crippen molar-refractivity contribution in [2.75, 3.05) is 11.9 Å². The molecule has 1 aliphatic carbocycles. The number of aliphatic hydroxyl groups excluding tert-OH is 1. The summed E-state index contributed by atoms with van der Waals surface area (Å²) in [6, 6.07) is 9.62. The van der Waals surface area contributed by atoms with Crippen LogP contribution in [0.25, 0.3) is 0 Å². The Morgan fingerprint density at radius 1 is 1.29 bits per heavy atom. The van der Waals surface area contributed by atoms with E-state index in [4.69, 9.17) is 11.6 Å². The predicted octanol–water partition coefficient (Wildman–Crippen LogP) is 3.46. The van der Waals surface area contributed by atoms with E-state index >= 15 is 0 Å². The Bertz CT molecular complexity index is 629. The lowest BCUT2D eigenvalue weighted by Gasteiger charge is -2.19. The largest absolute Gasteiger partial charge is 0.394 e. The number of nitrogens with zero attached hydrogens (tertiary/aromatic N) is 2. The summed E-state index contributed by atoms with van der Waals surface area (Å²) in [6.07, 6.45) is 2.25. The molecule has 0 amide bonds. The second-order valence-electron chi connectivity index (χ2n) is 5.41. The number of aromatic nitrogens is 2. The van der Waals surface area contributed by atoms with Crippen LogP contribution in [0.5, 0.6) is 0 Å². The van der Waals surface area contributed by atoms with Crippen LogP contribution in [0.3, 0.4) is 0 Å². The van der Waals surface area contributed by atoms with E-state index in [1.807, 2.05) is 37.3 Å². The third kappa shape index (κ3) is 3.17. The lowest BCUT2D eigenvalue weighted by atomic mass is 10.1. The SMILES string of the molecule is Cc1c(Cl)nc(C2CC2)nc1NC(CO)c1ccccc1. The third-order valence-corrected chi connectivity index (χ3v) is 4.11. The number of rotatable bonds is 5. The highest BCUT2D eigenvalue weighted by Crippen LogP contribution is 2.39. The first-order valence-corrected chi connectivity index (χ1v) is 7.53. The molecule has 2 aromatic rings. The zero-order valence-corrected chi connectivity index (χ0v) is 12.6. The van der Waals surface area contributed by atoms with Gasteiger partial charge in [-0.05, 0) is 25.3 Å². The molecule has 0 spiro atoms. The Morgan fingerprint density at radius 2 is 2.00 bits per heavy atom. The summed E-state index contributed by atoms with van der Waals surface area (Å²) in [5.74, 6) is 1.95. The molecule has 1 aromatic carbocycles. The van der Waals surface area contributed by atoms with Crippen LogP contribution in [0.1, 0.15) is 41.8 Å². The summed E-state index contributed by atoms with van der Waals surface area (Å²) in [4.78, 5) is 8.94. The van der Waals surface area contributed by atoms with E-state index < -0.39 is 0 Å². The van der Waals surface area contributed by atoms with Crippen molar-refractivity contribution in [2.24, 2.45) is 0 Å². The zero-order chi connectivity index (χ0) is 14.8. The number of hydrogen-bond donors (Lipinski definition) is 2. The molecule has 1 unspecified atom stereocenters. The molecule has 1 aliphatic rings. The van der Waals surface area contributed by atoms with Crippen LogP contribution < -0.4 is 5.32 Å². The maximum absolute atomic E-state index is 9.65. The van der Waals surface area contributed by atoms with Gasteiger partial charge in [-0.25, -0.2) is 9.97 Å². The molecule has 1 fully saturated rings. The van der Waals surface area contributed by atoms with E-state index in [9.17, 15) is 5.11 Å². The van der Waals surface area contributed by atoms with Crippen LogP contribution in [-0.2, 0) is 0 Å². The number of nitrogens with one attached hydrogen (secondary N) is 1. The number of anilines is 1. The molecular formula is C16H18ClN3O. The monoisotopic (exact) mass is 303 g/mol. The normalized spacial score (nSPS) is 15.8. The highest BCUT2D eigenvalue weighted by Gasteiger charge is 2.28. The van der Waals surface area contributed by atoms with E-state index in [1.165, 1.54) is 0 Å². The lowest BCUT2D eigenvalue weighted by molar-refractivity contribution is 0.276. The summed E-state index contributed by atoms with van der Waals surface area (Å²) in [5.41, 5.74) is 1.83. The van der Waals surface area contributed by atoms with Gasteiger partial charge >= 0.3 is 0 Å². The van der Waals surface area contributed by atoms with Crippen LogP contribution in [0, 0.1) is 6.92 Å². The highest BCUT2D eigenvalue weighted by atomic mass is 35.5. The van der Waals surface area contributed by atoms with Crippen molar-refractivity contribution >= 4 is 17.4 Å². The molecule has 4 nitrogen and oxygen atoms in total. The summed E-state index contributed by atoms with van der Waals surface area (Å²) >= 11 is 6.21. The molecule has 2 N–H and O–H groups in total. The fourth-order valence-electron chi connectivity index (χ4n) is 2.25. The van der Waals surface area contributed by atoms with Crippen LogP contribution in [0.4, 0.5) is 5.82 Å². The minimum absolute atomic E-state index is 0.0101. The smallest absolute Gasteiger partial charge is 0.137 e. The molecule has 1 saturated carbocycles. The number of hydrogen-bond acceptors (Lipinski definition) is 4. The topological polar surface area (TPSA) is 58.0 Å². The second kappa shape index (κ2) is 6.00. The summed E-state index contributed by atoms with van der Waals surface area (Å²) in [7, 11) is 0. The Kier molecular flexibility index (Phi) is 4.08. The molecule has 3 rings (SSSR count). The molecule has 0 aliphatic heterocycles. The van der Waals surface area contributed by atoms with Crippen LogP contribution in [0.2, 0.25) is 5.15 Å². The van der Waals surface area contributed by atoms with Gasteiger partial charge in [-0.15, -0.1) is 0 Å². The molecule has 110 valence electrons. The van der Waals surface area contributed by atoms with Crippen molar-refractivity contribution in [3.05, 3.63) is 52.4 Å².